The lowest BCUT2D eigenvalue weighted by Crippen LogP contribution is -2.27. The summed E-state index contributed by atoms with van der Waals surface area (Å²) in [5.41, 5.74) is 0.203. The summed E-state index contributed by atoms with van der Waals surface area (Å²) in [5.74, 6) is 0.212. The molecule has 0 spiro atoms. The molecule has 0 aromatic carbocycles. The second kappa shape index (κ2) is 7.09. The highest BCUT2D eigenvalue weighted by atomic mass is 32.1. The third-order valence-electron chi connectivity index (χ3n) is 3.14. The van der Waals surface area contributed by atoms with E-state index in [4.69, 9.17) is 9.15 Å². The van der Waals surface area contributed by atoms with Gasteiger partial charge in [-0.15, -0.1) is 0 Å². The molecule has 7 nitrogen and oxygen atoms in total. The molecule has 0 aliphatic heterocycles. The van der Waals surface area contributed by atoms with Gasteiger partial charge < -0.3 is 9.15 Å². The Morgan fingerprint density at radius 2 is 1.92 bits per heavy atom. The quantitative estimate of drug-likeness (QED) is 0.684. The van der Waals surface area contributed by atoms with Crippen molar-refractivity contribution < 1.29 is 18.7 Å². The van der Waals surface area contributed by atoms with Gasteiger partial charge >= 0.3 is 6.09 Å². The molecule has 0 atom stereocenters. The third kappa shape index (κ3) is 4.15. The number of anilines is 1. The van der Waals surface area contributed by atoms with Crippen molar-refractivity contribution in [1.82, 2.24) is 9.97 Å². The molecule has 0 saturated heterocycles. The summed E-state index contributed by atoms with van der Waals surface area (Å²) in [6.45, 7) is 5.29. The highest BCUT2D eigenvalue weighted by molar-refractivity contribution is 7.18. The van der Waals surface area contributed by atoms with Crippen LogP contribution in [0.5, 0.6) is 0 Å². The first-order chi connectivity index (χ1) is 12.3. The molecule has 0 saturated carbocycles. The standard InChI is InChI=1S/C18H17N3O4S/c1-18(2,3)25-17(23)21-16-20-13(12-5-4-10-24-12)15(26-16)14(22)11-6-8-19-9-7-11/h4-10H,1-3H3,(H,20,21,23). The molecule has 1 amide bonds. The number of carbonyl (C=O) groups excluding carboxylic acids is 2. The van der Waals surface area contributed by atoms with E-state index in [0.29, 0.717) is 21.9 Å². The normalized spacial score (nSPS) is 11.2. The number of amides is 1. The van der Waals surface area contributed by atoms with Crippen LogP contribution in [0.4, 0.5) is 9.93 Å². The first-order valence-corrected chi connectivity index (χ1v) is 8.64. The lowest BCUT2D eigenvalue weighted by molar-refractivity contribution is 0.0635. The van der Waals surface area contributed by atoms with E-state index in [0.717, 1.165) is 11.3 Å². The minimum Gasteiger partial charge on any atom is -0.463 e. The molecule has 134 valence electrons. The molecule has 3 aromatic rings. The average Bonchev–Trinajstić information content (AvgIpc) is 3.22. The van der Waals surface area contributed by atoms with Gasteiger partial charge in [-0.05, 0) is 45.0 Å². The Morgan fingerprint density at radius 3 is 2.54 bits per heavy atom. The SMILES string of the molecule is CC(C)(C)OC(=O)Nc1nc(-c2ccco2)c(C(=O)c2ccncc2)s1. The van der Waals surface area contributed by atoms with Gasteiger partial charge in [0, 0.05) is 18.0 Å². The van der Waals surface area contributed by atoms with Gasteiger partial charge in [0.1, 0.15) is 16.2 Å². The lowest BCUT2D eigenvalue weighted by Gasteiger charge is -2.18. The van der Waals surface area contributed by atoms with Crippen molar-refractivity contribution in [3.05, 3.63) is 53.4 Å². The van der Waals surface area contributed by atoms with Crippen molar-refractivity contribution in [3.8, 4) is 11.5 Å². The number of furan rings is 1. The summed E-state index contributed by atoms with van der Waals surface area (Å²) >= 11 is 1.06. The Bertz CT molecular complexity index is 912. The van der Waals surface area contributed by atoms with E-state index >= 15 is 0 Å². The maximum atomic E-state index is 12.8. The number of ether oxygens (including phenoxy) is 1. The Morgan fingerprint density at radius 1 is 1.19 bits per heavy atom. The van der Waals surface area contributed by atoms with E-state index in [2.05, 4.69) is 15.3 Å². The van der Waals surface area contributed by atoms with Gasteiger partial charge in [0.05, 0.1) is 6.26 Å². The Balaban J connectivity index is 1.94. The van der Waals surface area contributed by atoms with Crippen molar-refractivity contribution >= 4 is 28.3 Å². The molecule has 0 bridgehead atoms. The first kappa shape index (κ1) is 17.8. The van der Waals surface area contributed by atoms with E-state index in [1.807, 2.05) is 0 Å². The molecule has 0 aliphatic rings. The predicted octanol–water partition coefficient (Wildman–Crippen LogP) is 4.38. The molecule has 3 rings (SSSR count). The van der Waals surface area contributed by atoms with Gasteiger partial charge in [-0.25, -0.2) is 9.78 Å². The van der Waals surface area contributed by atoms with Gasteiger partial charge in [-0.1, -0.05) is 11.3 Å². The first-order valence-electron chi connectivity index (χ1n) is 7.83. The number of rotatable bonds is 4. The Hall–Kier alpha value is -3.00. The zero-order valence-corrected chi connectivity index (χ0v) is 15.3. The van der Waals surface area contributed by atoms with Crippen LogP contribution in [0.1, 0.15) is 36.0 Å². The minimum atomic E-state index is -0.639. The highest BCUT2D eigenvalue weighted by Gasteiger charge is 2.24. The number of aromatic nitrogens is 2. The van der Waals surface area contributed by atoms with Crippen LogP contribution in [-0.4, -0.2) is 27.4 Å². The highest BCUT2D eigenvalue weighted by Crippen LogP contribution is 2.33. The average molecular weight is 371 g/mol. The van der Waals surface area contributed by atoms with Crippen LogP contribution in [0.25, 0.3) is 11.5 Å². The zero-order chi connectivity index (χ0) is 18.7. The smallest absolute Gasteiger partial charge is 0.413 e. The van der Waals surface area contributed by atoms with Crippen LogP contribution in [-0.2, 0) is 4.74 Å². The van der Waals surface area contributed by atoms with E-state index < -0.39 is 11.7 Å². The van der Waals surface area contributed by atoms with Gasteiger partial charge in [-0.2, -0.15) is 0 Å². The van der Waals surface area contributed by atoms with Crippen molar-refractivity contribution in [2.75, 3.05) is 5.32 Å². The second-order valence-electron chi connectivity index (χ2n) is 6.37. The van der Waals surface area contributed by atoms with Crippen LogP contribution in [0, 0.1) is 0 Å². The predicted molar refractivity (Wildman–Crippen MR) is 97.3 cm³/mol. The fourth-order valence-corrected chi connectivity index (χ4v) is 3.05. The van der Waals surface area contributed by atoms with Gasteiger partial charge in [0.2, 0.25) is 5.78 Å². The van der Waals surface area contributed by atoms with Crippen LogP contribution in [0.3, 0.4) is 0 Å². The maximum Gasteiger partial charge on any atom is 0.413 e. The van der Waals surface area contributed by atoms with Crippen molar-refractivity contribution in [2.45, 2.75) is 26.4 Å². The maximum absolute atomic E-state index is 12.8. The van der Waals surface area contributed by atoms with E-state index in [9.17, 15) is 9.59 Å². The largest absolute Gasteiger partial charge is 0.463 e. The molecule has 0 aliphatic carbocycles. The summed E-state index contributed by atoms with van der Waals surface area (Å²) in [5, 5.41) is 2.82. The molecule has 0 unspecified atom stereocenters. The van der Waals surface area contributed by atoms with E-state index in [-0.39, 0.29) is 10.9 Å². The number of nitrogens with one attached hydrogen (secondary N) is 1. The molecule has 0 fully saturated rings. The molecule has 0 radical (unpaired) electrons. The molecule has 8 heteroatoms. The van der Waals surface area contributed by atoms with Crippen molar-refractivity contribution in [3.63, 3.8) is 0 Å². The van der Waals surface area contributed by atoms with E-state index in [1.54, 1.807) is 57.4 Å². The van der Waals surface area contributed by atoms with E-state index in [1.165, 1.54) is 6.26 Å². The fraction of sp³-hybridized carbons (Fsp3) is 0.222. The Kier molecular flexibility index (Phi) is 4.85. The molecular formula is C18H17N3O4S. The topological polar surface area (TPSA) is 94.3 Å². The molecule has 1 N–H and O–H groups in total. The summed E-state index contributed by atoms with van der Waals surface area (Å²) in [6, 6.07) is 6.65. The number of hydrogen-bond acceptors (Lipinski definition) is 7. The number of thiazole rings is 1. The van der Waals surface area contributed by atoms with Gasteiger partial charge in [-0.3, -0.25) is 15.1 Å². The summed E-state index contributed by atoms with van der Waals surface area (Å²) in [7, 11) is 0. The Labute approximate surface area is 154 Å². The monoisotopic (exact) mass is 371 g/mol. The molecule has 3 aromatic heterocycles. The number of pyridine rings is 1. The summed E-state index contributed by atoms with van der Waals surface area (Å²) < 4.78 is 10.6. The number of carbonyl (C=O) groups is 2. The minimum absolute atomic E-state index is 0.228. The second-order valence-corrected chi connectivity index (χ2v) is 7.37. The van der Waals surface area contributed by atoms with Crippen molar-refractivity contribution in [1.29, 1.82) is 0 Å². The summed E-state index contributed by atoms with van der Waals surface area (Å²) in [4.78, 5) is 33.5. The van der Waals surface area contributed by atoms with Crippen LogP contribution >= 0.6 is 11.3 Å². The number of ketones is 1. The zero-order valence-electron chi connectivity index (χ0n) is 14.5. The third-order valence-corrected chi connectivity index (χ3v) is 4.11. The number of nitrogens with zero attached hydrogens (tertiary/aromatic N) is 2. The molecule has 3 heterocycles. The lowest BCUT2D eigenvalue weighted by atomic mass is 10.1. The van der Waals surface area contributed by atoms with Crippen LogP contribution in [0.2, 0.25) is 0 Å². The van der Waals surface area contributed by atoms with Gasteiger partial charge in [0.15, 0.2) is 10.9 Å². The van der Waals surface area contributed by atoms with Gasteiger partial charge in [0.25, 0.3) is 0 Å². The van der Waals surface area contributed by atoms with Crippen molar-refractivity contribution in [2.24, 2.45) is 0 Å². The molecular weight excluding hydrogens is 354 g/mol. The molecule has 26 heavy (non-hydrogen) atoms. The fourth-order valence-electron chi connectivity index (χ4n) is 2.13. The summed E-state index contributed by atoms with van der Waals surface area (Å²) in [6.07, 6.45) is 3.94. The van der Waals surface area contributed by atoms with Crippen LogP contribution in [0.15, 0.2) is 47.3 Å². The number of hydrogen-bond donors (Lipinski definition) is 1. The van der Waals surface area contributed by atoms with Crippen LogP contribution < -0.4 is 5.32 Å².